The van der Waals surface area contributed by atoms with Gasteiger partial charge in [0.25, 0.3) is 5.91 Å². The molecule has 0 radical (unpaired) electrons. The van der Waals surface area contributed by atoms with Crippen molar-refractivity contribution in [3.63, 3.8) is 0 Å². The number of hydrogen-bond acceptors (Lipinski definition) is 4. The third-order valence-corrected chi connectivity index (χ3v) is 4.36. The molecule has 0 aromatic heterocycles. The van der Waals surface area contributed by atoms with Crippen molar-refractivity contribution in [3.8, 4) is 17.2 Å². The van der Waals surface area contributed by atoms with Gasteiger partial charge in [0, 0.05) is 17.1 Å². The van der Waals surface area contributed by atoms with Crippen LogP contribution in [-0.2, 0) is 11.3 Å². The number of nitrogens with one attached hydrogen (secondary N) is 1. The van der Waals surface area contributed by atoms with Crippen LogP contribution in [0.2, 0.25) is 5.02 Å². The number of methoxy groups -OCH3 is 2. The molecule has 25 heavy (non-hydrogen) atoms. The summed E-state index contributed by atoms with van der Waals surface area (Å²) in [4.78, 5) is 12.3. The maximum atomic E-state index is 12.3. The average Bonchev–Trinajstić information content (AvgIpc) is 2.61. The predicted octanol–water partition coefficient (Wildman–Crippen LogP) is 4.20. The van der Waals surface area contributed by atoms with Crippen LogP contribution in [0.25, 0.3) is 0 Å². The Bertz CT molecular complexity index is 754. The van der Waals surface area contributed by atoms with Crippen molar-refractivity contribution in [2.45, 2.75) is 19.6 Å². The largest absolute Gasteiger partial charge is 0.497 e. The number of carbonyl (C=O) groups is 1. The quantitative estimate of drug-likeness (QED) is 0.718. The van der Waals surface area contributed by atoms with Gasteiger partial charge in [0.05, 0.1) is 18.7 Å². The minimum atomic E-state index is -0.672. The van der Waals surface area contributed by atoms with Crippen LogP contribution in [-0.4, -0.2) is 26.2 Å². The zero-order valence-corrected chi connectivity index (χ0v) is 16.5. The number of halogens is 2. The van der Waals surface area contributed by atoms with Gasteiger partial charge in [0.1, 0.15) is 17.2 Å². The van der Waals surface area contributed by atoms with Gasteiger partial charge in [0.15, 0.2) is 6.10 Å². The van der Waals surface area contributed by atoms with Crippen LogP contribution in [0.15, 0.2) is 40.9 Å². The molecule has 0 aliphatic carbocycles. The molecular weight excluding hydrogens is 410 g/mol. The van der Waals surface area contributed by atoms with E-state index in [4.69, 9.17) is 25.8 Å². The zero-order valence-electron chi connectivity index (χ0n) is 14.1. The molecule has 134 valence electrons. The predicted molar refractivity (Wildman–Crippen MR) is 101 cm³/mol. The van der Waals surface area contributed by atoms with E-state index in [2.05, 4.69) is 21.2 Å². The van der Waals surface area contributed by atoms with Gasteiger partial charge < -0.3 is 19.5 Å². The SMILES string of the molecule is COc1ccc(OC)c(CNC(=O)[C@@H](C)Oc2ccc(Cl)cc2Br)c1. The molecule has 2 rings (SSSR count). The topological polar surface area (TPSA) is 56.8 Å². The molecule has 0 heterocycles. The minimum Gasteiger partial charge on any atom is -0.497 e. The highest BCUT2D eigenvalue weighted by Gasteiger charge is 2.17. The molecule has 0 bridgehead atoms. The molecule has 7 heteroatoms. The van der Waals surface area contributed by atoms with Gasteiger partial charge >= 0.3 is 0 Å². The second-order valence-electron chi connectivity index (χ2n) is 5.23. The van der Waals surface area contributed by atoms with Gasteiger partial charge in [-0.25, -0.2) is 0 Å². The number of rotatable bonds is 7. The van der Waals surface area contributed by atoms with E-state index in [0.29, 0.717) is 33.3 Å². The summed E-state index contributed by atoms with van der Waals surface area (Å²) in [5.74, 6) is 1.67. The highest BCUT2D eigenvalue weighted by molar-refractivity contribution is 9.10. The molecule has 0 spiro atoms. The Kier molecular flexibility index (Phi) is 6.96. The summed E-state index contributed by atoms with van der Waals surface area (Å²) in [6, 6.07) is 10.5. The first-order valence-corrected chi connectivity index (χ1v) is 8.72. The summed E-state index contributed by atoms with van der Waals surface area (Å²) in [5.41, 5.74) is 0.815. The van der Waals surface area contributed by atoms with Gasteiger partial charge in [-0.15, -0.1) is 0 Å². The van der Waals surface area contributed by atoms with Gasteiger partial charge in [-0.05, 0) is 59.3 Å². The molecule has 2 aromatic carbocycles. The Labute approximate surface area is 160 Å². The first-order valence-electron chi connectivity index (χ1n) is 7.55. The summed E-state index contributed by atoms with van der Waals surface area (Å²) in [6.07, 6.45) is -0.672. The second-order valence-corrected chi connectivity index (χ2v) is 6.52. The average molecular weight is 429 g/mol. The molecule has 1 amide bonds. The third kappa shape index (κ3) is 5.28. The monoisotopic (exact) mass is 427 g/mol. The van der Waals surface area contributed by atoms with Gasteiger partial charge in [0.2, 0.25) is 0 Å². The highest BCUT2D eigenvalue weighted by Crippen LogP contribution is 2.29. The summed E-state index contributed by atoms with van der Waals surface area (Å²) in [5, 5.41) is 3.42. The van der Waals surface area contributed by atoms with E-state index in [-0.39, 0.29) is 5.91 Å². The Morgan fingerprint density at radius 1 is 1.16 bits per heavy atom. The fourth-order valence-corrected chi connectivity index (χ4v) is 2.94. The van der Waals surface area contributed by atoms with Crippen molar-refractivity contribution in [2.75, 3.05) is 14.2 Å². The molecule has 0 fully saturated rings. The lowest BCUT2D eigenvalue weighted by molar-refractivity contribution is -0.127. The maximum Gasteiger partial charge on any atom is 0.261 e. The Balaban J connectivity index is 1.99. The van der Waals surface area contributed by atoms with E-state index in [1.165, 1.54) is 0 Å². The molecule has 1 atom stereocenters. The van der Waals surface area contributed by atoms with Crippen molar-refractivity contribution >= 4 is 33.4 Å². The molecule has 0 aliphatic heterocycles. The Morgan fingerprint density at radius 3 is 2.52 bits per heavy atom. The lowest BCUT2D eigenvalue weighted by atomic mass is 10.2. The van der Waals surface area contributed by atoms with Crippen LogP contribution < -0.4 is 19.5 Å². The summed E-state index contributed by atoms with van der Waals surface area (Å²) in [6.45, 7) is 1.98. The number of amides is 1. The van der Waals surface area contributed by atoms with Crippen molar-refractivity contribution in [3.05, 3.63) is 51.5 Å². The highest BCUT2D eigenvalue weighted by atomic mass is 79.9. The zero-order chi connectivity index (χ0) is 18.4. The maximum absolute atomic E-state index is 12.3. The van der Waals surface area contributed by atoms with Crippen molar-refractivity contribution < 1.29 is 19.0 Å². The first kappa shape index (κ1) is 19.4. The standard InChI is InChI=1S/C18H19BrClNO4/c1-11(25-17-6-4-13(20)9-15(17)19)18(22)21-10-12-8-14(23-2)5-7-16(12)24-3/h4-9,11H,10H2,1-3H3,(H,21,22)/t11-/m1/s1. The number of benzene rings is 2. The molecule has 5 nitrogen and oxygen atoms in total. The van der Waals surface area contributed by atoms with E-state index in [9.17, 15) is 4.79 Å². The number of hydrogen-bond donors (Lipinski definition) is 1. The molecule has 0 unspecified atom stereocenters. The van der Waals surface area contributed by atoms with Crippen LogP contribution in [0.4, 0.5) is 0 Å². The third-order valence-electron chi connectivity index (χ3n) is 3.51. The fraction of sp³-hybridized carbons (Fsp3) is 0.278. The number of carbonyl (C=O) groups excluding carboxylic acids is 1. The van der Waals surface area contributed by atoms with Crippen molar-refractivity contribution in [1.29, 1.82) is 0 Å². The van der Waals surface area contributed by atoms with E-state index in [1.807, 2.05) is 6.07 Å². The van der Waals surface area contributed by atoms with Crippen molar-refractivity contribution in [2.24, 2.45) is 0 Å². The summed E-state index contributed by atoms with van der Waals surface area (Å²) < 4.78 is 16.9. The second kappa shape index (κ2) is 8.97. The molecule has 0 saturated heterocycles. The van der Waals surface area contributed by atoms with E-state index in [1.54, 1.807) is 51.5 Å². The van der Waals surface area contributed by atoms with E-state index in [0.717, 1.165) is 5.56 Å². The van der Waals surface area contributed by atoms with Gasteiger partial charge in [-0.1, -0.05) is 11.6 Å². The normalized spacial score (nSPS) is 11.6. The van der Waals surface area contributed by atoms with E-state index >= 15 is 0 Å². The Hall–Kier alpha value is -1.92. The van der Waals surface area contributed by atoms with Crippen molar-refractivity contribution in [1.82, 2.24) is 5.32 Å². The van der Waals surface area contributed by atoms with Crippen LogP contribution in [0.3, 0.4) is 0 Å². The van der Waals surface area contributed by atoms with Crippen LogP contribution in [0.1, 0.15) is 12.5 Å². The van der Waals surface area contributed by atoms with Gasteiger partial charge in [-0.2, -0.15) is 0 Å². The van der Waals surface area contributed by atoms with Crippen LogP contribution in [0.5, 0.6) is 17.2 Å². The van der Waals surface area contributed by atoms with Gasteiger partial charge in [-0.3, -0.25) is 4.79 Å². The minimum absolute atomic E-state index is 0.244. The Morgan fingerprint density at radius 2 is 1.88 bits per heavy atom. The number of ether oxygens (including phenoxy) is 3. The lowest BCUT2D eigenvalue weighted by Crippen LogP contribution is -2.36. The molecule has 0 aliphatic rings. The summed E-state index contributed by atoms with van der Waals surface area (Å²) >= 11 is 9.26. The molecule has 0 saturated carbocycles. The molecular formula is C18H19BrClNO4. The molecule has 2 aromatic rings. The molecule has 1 N–H and O–H groups in total. The van der Waals surface area contributed by atoms with Crippen LogP contribution >= 0.6 is 27.5 Å². The summed E-state index contributed by atoms with van der Waals surface area (Å²) in [7, 11) is 3.17. The van der Waals surface area contributed by atoms with Crippen LogP contribution in [0, 0.1) is 0 Å². The smallest absolute Gasteiger partial charge is 0.261 e. The lowest BCUT2D eigenvalue weighted by Gasteiger charge is -2.17. The first-order chi connectivity index (χ1) is 11.9. The fourth-order valence-electron chi connectivity index (χ4n) is 2.16. The van der Waals surface area contributed by atoms with E-state index < -0.39 is 6.10 Å².